The van der Waals surface area contributed by atoms with Gasteiger partial charge in [0.1, 0.15) is 5.69 Å². The molecular formula is C28H33N3OS. The van der Waals surface area contributed by atoms with E-state index in [0.29, 0.717) is 17.7 Å². The zero-order valence-corrected chi connectivity index (χ0v) is 20.2. The quantitative estimate of drug-likeness (QED) is 0.441. The molecule has 3 aromatic rings. The average molecular weight is 460 g/mol. The molecule has 1 aromatic carbocycles. The normalized spacial score (nSPS) is 18.2. The third-order valence-electron chi connectivity index (χ3n) is 7.22. The molecule has 5 rings (SSSR count). The van der Waals surface area contributed by atoms with Gasteiger partial charge in [0, 0.05) is 29.7 Å². The van der Waals surface area contributed by atoms with E-state index < -0.39 is 0 Å². The van der Waals surface area contributed by atoms with Crippen molar-refractivity contribution in [3.8, 4) is 0 Å². The molecule has 4 nitrogen and oxygen atoms in total. The van der Waals surface area contributed by atoms with E-state index in [2.05, 4.69) is 63.5 Å². The fraction of sp³-hybridized carbons (Fsp3) is 0.429. The molecule has 1 aliphatic carbocycles. The van der Waals surface area contributed by atoms with Crippen LogP contribution >= 0.6 is 11.3 Å². The largest absolute Gasteiger partial charge is 0.331 e. The summed E-state index contributed by atoms with van der Waals surface area (Å²) < 4.78 is 0. The maximum absolute atomic E-state index is 13.7. The standard InChI is InChI=1S/C28H33N3OS/c1-21-14-18-33-27(21)20-30-16-12-23(13-17-30)26(19-22-7-3-2-4-8-22)31(24-10-11-24)28(32)25-9-5-6-15-29-25/h2-9,14-15,18,23-24,26H,10-13,16-17,19-20H2,1H3. The highest BCUT2D eigenvalue weighted by atomic mass is 32.1. The highest BCUT2D eigenvalue weighted by molar-refractivity contribution is 7.10. The van der Waals surface area contributed by atoms with Crippen LogP contribution in [0, 0.1) is 12.8 Å². The van der Waals surface area contributed by atoms with Gasteiger partial charge in [0.25, 0.3) is 5.91 Å². The van der Waals surface area contributed by atoms with Crippen LogP contribution in [0.3, 0.4) is 0 Å². The summed E-state index contributed by atoms with van der Waals surface area (Å²) in [6, 6.07) is 19.2. The Morgan fingerprint density at radius 3 is 2.45 bits per heavy atom. The van der Waals surface area contributed by atoms with Crippen molar-refractivity contribution >= 4 is 17.2 Å². The first kappa shape index (κ1) is 22.3. The van der Waals surface area contributed by atoms with Crippen LogP contribution in [0.1, 0.15) is 52.2 Å². The SMILES string of the molecule is Cc1ccsc1CN1CCC(C(Cc2ccccc2)N(C(=O)c2ccccn2)C2CC2)CC1. The molecule has 1 aliphatic heterocycles. The molecule has 1 saturated heterocycles. The van der Waals surface area contributed by atoms with Crippen molar-refractivity contribution in [3.63, 3.8) is 0 Å². The molecule has 1 atom stereocenters. The van der Waals surface area contributed by atoms with Crippen molar-refractivity contribution in [1.29, 1.82) is 0 Å². The molecule has 33 heavy (non-hydrogen) atoms. The number of amides is 1. The van der Waals surface area contributed by atoms with Gasteiger partial charge in [0.15, 0.2) is 0 Å². The molecule has 0 radical (unpaired) electrons. The van der Waals surface area contributed by atoms with E-state index in [-0.39, 0.29) is 11.9 Å². The third kappa shape index (κ3) is 5.36. The van der Waals surface area contributed by atoms with Crippen LogP contribution in [0.2, 0.25) is 0 Å². The second kappa shape index (κ2) is 10.2. The average Bonchev–Trinajstić information content (AvgIpc) is 3.62. The summed E-state index contributed by atoms with van der Waals surface area (Å²) in [5, 5.41) is 2.20. The first-order valence-electron chi connectivity index (χ1n) is 12.2. The molecule has 0 spiro atoms. The minimum Gasteiger partial charge on any atom is -0.331 e. The fourth-order valence-corrected chi connectivity index (χ4v) is 6.12. The highest BCUT2D eigenvalue weighted by Gasteiger charge is 2.42. The number of benzene rings is 1. The van der Waals surface area contributed by atoms with Crippen molar-refractivity contribution in [1.82, 2.24) is 14.8 Å². The minimum atomic E-state index is 0.107. The zero-order valence-electron chi connectivity index (χ0n) is 19.4. The highest BCUT2D eigenvalue weighted by Crippen LogP contribution is 2.36. The van der Waals surface area contributed by atoms with Crippen LogP contribution in [-0.2, 0) is 13.0 Å². The summed E-state index contributed by atoms with van der Waals surface area (Å²) in [6.45, 7) is 5.47. The van der Waals surface area contributed by atoms with E-state index in [0.717, 1.165) is 51.7 Å². The van der Waals surface area contributed by atoms with Gasteiger partial charge < -0.3 is 4.90 Å². The molecule has 2 aliphatic rings. The second-order valence-electron chi connectivity index (χ2n) is 9.56. The summed E-state index contributed by atoms with van der Waals surface area (Å²) in [7, 11) is 0. The van der Waals surface area contributed by atoms with Crippen LogP contribution in [0.15, 0.2) is 66.2 Å². The number of pyridine rings is 1. The van der Waals surface area contributed by atoms with Gasteiger partial charge in [-0.25, -0.2) is 0 Å². The number of hydrogen-bond acceptors (Lipinski definition) is 4. The molecule has 2 fully saturated rings. The molecule has 0 bridgehead atoms. The molecule has 0 N–H and O–H groups in total. The molecule has 3 heterocycles. The predicted octanol–water partition coefficient (Wildman–Crippen LogP) is 5.58. The maximum Gasteiger partial charge on any atom is 0.272 e. The first-order valence-corrected chi connectivity index (χ1v) is 13.1. The van der Waals surface area contributed by atoms with Crippen LogP contribution in [0.4, 0.5) is 0 Å². The number of rotatable bonds is 8. The van der Waals surface area contributed by atoms with E-state index in [1.165, 1.54) is 16.0 Å². The van der Waals surface area contributed by atoms with Crippen LogP contribution in [-0.4, -0.2) is 45.9 Å². The smallest absolute Gasteiger partial charge is 0.272 e. The molecule has 1 unspecified atom stereocenters. The third-order valence-corrected chi connectivity index (χ3v) is 8.22. The van der Waals surface area contributed by atoms with Crippen LogP contribution in [0.5, 0.6) is 0 Å². The Labute approximate surface area is 201 Å². The van der Waals surface area contributed by atoms with E-state index in [1.54, 1.807) is 6.20 Å². The van der Waals surface area contributed by atoms with E-state index in [1.807, 2.05) is 29.5 Å². The van der Waals surface area contributed by atoms with Gasteiger partial charge in [0.05, 0.1) is 0 Å². The summed E-state index contributed by atoms with van der Waals surface area (Å²) in [6.07, 6.45) is 7.15. The summed E-state index contributed by atoms with van der Waals surface area (Å²) in [5.74, 6) is 0.620. The van der Waals surface area contributed by atoms with Crippen molar-refractivity contribution in [2.24, 2.45) is 5.92 Å². The lowest BCUT2D eigenvalue weighted by atomic mass is 9.84. The second-order valence-corrected chi connectivity index (χ2v) is 10.6. The summed E-state index contributed by atoms with van der Waals surface area (Å²) in [4.78, 5) is 24.4. The number of carbonyl (C=O) groups excluding carboxylic acids is 1. The van der Waals surface area contributed by atoms with Crippen LogP contribution < -0.4 is 0 Å². The Morgan fingerprint density at radius 2 is 1.82 bits per heavy atom. The Hall–Kier alpha value is -2.50. The number of likely N-dealkylation sites (tertiary alicyclic amines) is 1. The Kier molecular flexibility index (Phi) is 6.88. The number of carbonyl (C=O) groups is 1. The van der Waals surface area contributed by atoms with Crippen molar-refractivity contribution in [3.05, 3.63) is 87.9 Å². The molecule has 2 aromatic heterocycles. The van der Waals surface area contributed by atoms with Gasteiger partial charge in [0.2, 0.25) is 0 Å². The van der Waals surface area contributed by atoms with Gasteiger partial charge in [-0.05, 0) is 92.7 Å². The number of aromatic nitrogens is 1. The number of piperidine rings is 1. The molecule has 5 heteroatoms. The fourth-order valence-electron chi connectivity index (χ4n) is 5.17. The van der Waals surface area contributed by atoms with Gasteiger partial charge >= 0.3 is 0 Å². The molecule has 1 saturated carbocycles. The van der Waals surface area contributed by atoms with Crippen LogP contribution in [0.25, 0.3) is 0 Å². The summed E-state index contributed by atoms with van der Waals surface area (Å²) >= 11 is 1.87. The van der Waals surface area contributed by atoms with Crippen molar-refractivity contribution < 1.29 is 4.79 Å². The van der Waals surface area contributed by atoms with Gasteiger partial charge in [-0.3, -0.25) is 14.7 Å². The predicted molar refractivity (Wildman–Crippen MR) is 134 cm³/mol. The topological polar surface area (TPSA) is 36.4 Å². The minimum absolute atomic E-state index is 0.107. The van der Waals surface area contributed by atoms with Crippen molar-refractivity contribution in [2.75, 3.05) is 13.1 Å². The lowest BCUT2D eigenvalue weighted by molar-refractivity contribution is 0.0477. The number of aryl methyl sites for hydroxylation is 1. The van der Waals surface area contributed by atoms with Gasteiger partial charge in [-0.1, -0.05) is 36.4 Å². The van der Waals surface area contributed by atoms with Gasteiger partial charge in [-0.15, -0.1) is 11.3 Å². The van der Waals surface area contributed by atoms with E-state index in [4.69, 9.17) is 0 Å². The maximum atomic E-state index is 13.7. The van der Waals surface area contributed by atoms with E-state index >= 15 is 0 Å². The Morgan fingerprint density at radius 1 is 1.06 bits per heavy atom. The Balaban J connectivity index is 1.35. The first-order chi connectivity index (χ1) is 16.2. The number of hydrogen-bond donors (Lipinski definition) is 0. The molecule has 172 valence electrons. The summed E-state index contributed by atoms with van der Waals surface area (Å²) in [5.41, 5.74) is 3.30. The number of thiophene rings is 1. The molecular weight excluding hydrogens is 426 g/mol. The lowest BCUT2D eigenvalue weighted by Crippen LogP contribution is -2.50. The van der Waals surface area contributed by atoms with Gasteiger partial charge in [-0.2, -0.15) is 0 Å². The lowest BCUT2D eigenvalue weighted by Gasteiger charge is -2.41. The number of nitrogens with zero attached hydrogens (tertiary/aromatic N) is 3. The monoisotopic (exact) mass is 459 g/mol. The zero-order chi connectivity index (χ0) is 22.6. The molecule has 1 amide bonds. The Bertz CT molecular complexity index is 1040. The van der Waals surface area contributed by atoms with E-state index in [9.17, 15) is 4.79 Å². The van der Waals surface area contributed by atoms with Crippen molar-refractivity contribution in [2.45, 2.75) is 57.7 Å².